The minimum absolute atomic E-state index is 1.12. The Kier molecular flexibility index (Phi) is 6.72. The molecule has 0 saturated carbocycles. The van der Waals surface area contributed by atoms with Gasteiger partial charge in [0.05, 0.1) is 27.8 Å². The van der Waals surface area contributed by atoms with E-state index in [-0.39, 0.29) is 0 Å². The van der Waals surface area contributed by atoms with Crippen molar-refractivity contribution in [1.82, 2.24) is 9.13 Å². The fourth-order valence-electron chi connectivity index (χ4n) is 9.92. The molecule has 0 aliphatic heterocycles. The Labute approximate surface area is 340 Å². The highest BCUT2D eigenvalue weighted by molar-refractivity contribution is 6.17. The van der Waals surface area contributed by atoms with Crippen LogP contribution in [0.15, 0.2) is 212 Å². The highest BCUT2D eigenvalue weighted by Crippen LogP contribution is 2.51. The molecule has 0 unspecified atom stereocenters. The molecule has 13 rings (SSSR count). The summed E-state index contributed by atoms with van der Waals surface area (Å²) in [6, 6.07) is 77.9. The summed E-state index contributed by atoms with van der Waals surface area (Å²) in [5.41, 5.74) is 15.9. The molecule has 1 aliphatic carbocycles. The number of rotatable bonds is 5. The van der Waals surface area contributed by atoms with Crippen molar-refractivity contribution in [2.45, 2.75) is 0 Å². The van der Waals surface area contributed by atoms with Gasteiger partial charge in [-0.1, -0.05) is 109 Å². The fourth-order valence-corrected chi connectivity index (χ4v) is 9.92. The van der Waals surface area contributed by atoms with Gasteiger partial charge in [0.1, 0.15) is 0 Å². The van der Waals surface area contributed by atoms with Crippen LogP contribution in [0.1, 0.15) is 0 Å². The molecule has 0 radical (unpaired) electrons. The SMILES string of the molecule is c1ccc(N(c2ccc3cc4c(cc3c2)-c2cc3ccc(-n5c6ccccc6c6ccccc65)cc3cc2-4)c2cccc3c2c2ccccc2n3-c2ccccc2)cc1. The third-order valence-electron chi connectivity index (χ3n) is 12.5. The largest absolute Gasteiger partial charge is 0.310 e. The van der Waals surface area contributed by atoms with Crippen LogP contribution in [0.4, 0.5) is 17.1 Å². The summed E-state index contributed by atoms with van der Waals surface area (Å²) in [7, 11) is 0. The Morgan fingerprint density at radius 3 is 1.44 bits per heavy atom. The van der Waals surface area contributed by atoms with Gasteiger partial charge in [0.2, 0.25) is 0 Å². The number of hydrogen-bond donors (Lipinski definition) is 0. The summed E-state index contributed by atoms with van der Waals surface area (Å²) in [5.74, 6) is 0. The van der Waals surface area contributed by atoms with E-state index in [1.807, 2.05) is 0 Å². The van der Waals surface area contributed by atoms with Crippen LogP contribution in [-0.2, 0) is 0 Å². The lowest BCUT2D eigenvalue weighted by atomic mass is 9.78. The van der Waals surface area contributed by atoms with Gasteiger partial charge >= 0.3 is 0 Å². The first-order chi connectivity index (χ1) is 29.3. The molecule has 0 fully saturated rings. The monoisotopic (exact) mass is 749 g/mol. The Morgan fingerprint density at radius 1 is 0.288 bits per heavy atom. The summed E-state index contributed by atoms with van der Waals surface area (Å²) in [6.07, 6.45) is 0. The number of fused-ring (bicyclic) bond motifs is 12. The lowest BCUT2D eigenvalue weighted by Crippen LogP contribution is -2.10. The van der Waals surface area contributed by atoms with E-state index in [0.717, 1.165) is 22.7 Å². The first-order valence-corrected chi connectivity index (χ1v) is 20.3. The smallest absolute Gasteiger partial charge is 0.0562 e. The number of hydrogen-bond acceptors (Lipinski definition) is 1. The first-order valence-electron chi connectivity index (χ1n) is 20.3. The third kappa shape index (κ3) is 4.70. The second-order valence-corrected chi connectivity index (χ2v) is 15.8. The Hall–Kier alpha value is -7.88. The standard InChI is InChI=1S/C56H35N3/c1-3-14-40(15-4-1)57(54-24-13-25-55-56(54)46-20-9-12-23-53(46)58(55)41-16-5-2-6-17-41)42-28-26-36-32-47-49(34-38(36)30-42)48-33-37-27-29-43(31-39(37)35-50(47)48)59-51-21-10-7-18-44(51)45-19-8-11-22-52(45)59/h1-35H. The maximum Gasteiger partial charge on any atom is 0.0562 e. The maximum atomic E-state index is 2.43. The normalized spacial score (nSPS) is 12.1. The van der Waals surface area contributed by atoms with E-state index >= 15 is 0 Å². The first kappa shape index (κ1) is 32.2. The van der Waals surface area contributed by atoms with Crippen LogP contribution in [0.25, 0.3) is 98.8 Å². The van der Waals surface area contributed by atoms with Gasteiger partial charge in [0.25, 0.3) is 0 Å². The molecule has 1 aliphatic rings. The van der Waals surface area contributed by atoms with Gasteiger partial charge < -0.3 is 14.0 Å². The average molecular weight is 750 g/mol. The molecule has 2 heterocycles. The van der Waals surface area contributed by atoms with Gasteiger partial charge in [-0.25, -0.2) is 0 Å². The number of benzene rings is 10. The van der Waals surface area contributed by atoms with E-state index in [9.17, 15) is 0 Å². The van der Waals surface area contributed by atoms with E-state index in [0.29, 0.717) is 0 Å². The molecule has 0 amide bonds. The molecule has 12 aromatic rings. The van der Waals surface area contributed by atoms with Crippen molar-refractivity contribution in [3.63, 3.8) is 0 Å². The zero-order valence-corrected chi connectivity index (χ0v) is 32.0. The number of nitrogens with zero attached hydrogens (tertiary/aromatic N) is 3. The highest BCUT2D eigenvalue weighted by atomic mass is 15.1. The summed E-state index contributed by atoms with van der Waals surface area (Å²) < 4.78 is 4.80. The van der Waals surface area contributed by atoms with Gasteiger partial charge in [-0.15, -0.1) is 0 Å². The van der Waals surface area contributed by atoms with Crippen LogP contribution in [-0.4, -0.2) is 9.13 Å². The molecular weight excluding hydrogens is 715 g/mol. The fraction of sp³-hybridized carbons (Fsp3) is 0. The van der Waals surface area contributed by atoms with Crippen LogP contribution < -0.4 is 4.90 Å². The van der Waals surface area contributed by atoms with Crippen molar-refractivity contribution in [1.29, 1.82) is 0 Å². The quantitative estimate of drug-likeness (QED) is 0.171. The van der Waals surface area contributed by atoms with Crippen LogP contribution in [0.2, 0.25) is 0 Å². The summed E-state index contributed by atoms with van der Waals surface area (Å²) >= 11 is 0. The van der Waals surface area contributed by atoms with Crippen molar-refractivity contribution in [2.75, 3.05) is 4.90 Å². The Bertz CT molecular complexity index is 3610. The molecule has 0 spiro atoms. The summed E-state index contributed by atoms with van der Waals surface area (Å²) in [6.45, 7) is 0. The Morgan fingerprint density at radius 2 is 0.780 bits per heavy atom. The molecule has 3 nitrogen and oxygen atoms in total. The molecule has 59 heavy (non-hydrogen) atoms. The van der Waals surface area contributed by atoms with Crippen molar-refractivity contribution in [2.24, 2.45) is 0 Å². The zero-order valence-electron chi connectivity index (χ0n) is 32.0. The third-order valence-corrected chi connectivity index (χ3v) is 12.5. The molecule has 0 atom stereocenters. The number of aromatic nitrogens is 2. The minimum Gasteiger partial charge on any atom is -0.310 e. The second kappa shape index (κ2) is 12.3. The summed E-state index contributed by atoms with van der Waals surface area (Å²) in [5, 5.41) is 10.0. The zero-order chi connectivity index (χ0) is 38.6. The van der Waals surface area contributed by atoms with E-state index in [2.05, 4.69) is 226 Å². The van der Waals surface area contributed by atoms with E-state index in [1.165, 1.54) is 93.1 Å². The molecular formula is C56H35N3. The maximum absolute atomic E-state index is 2.43. The van der Waals surface area contributed by atoms with Gasteiger partial charge in [-0.2, -0.15) is 0 Å². The molecule has 3 heteroatoms. The van der Waals surface area contributed by atoms with Crippen LogP contribution in [0, 0.1) is 0 Å². The van der Waals surface area contributed by atoms with Gasteiger partial charge in [-0.3, -0.25) is 0 Å². The number of para-hydroxylation sites is 5. The second-order valence-electron chi connectivity index (χ2n) is 15.8. The topological polar surface area (TPSA) is 13.1 Å². The van der Waals surface area contributed by atoms with Crippen molar-refractivity contribution >= 4 is 82.2 Å². The predicted molar refractivity (Wildman–Crippen MR) is 249 cm³/mol. The van der Waals surface area contributed by atoms with Gasteiger partial charge in [-0.05, 0) is 147 Å². The summed E-state index contributed by atoms with van der Waals surface area (Å²) in [4.78, 5) is 2.43. The lowest BCUT2D eigenvalue weighted by Gasteiger charge is -2.28. The van der Waals surface area contributed by atoms with Gasteiger partial charge in [0, 0.05) is 44.3 Å². The van der Waals surface area contributed by atoms with E-state index in [1.54, 1.807) is 0 Å². The number of anilines is 3. The minimum atomic E-state index is 1.12. The van der Waals surface area contributed by atoms with E-state index < -0.39 is 0 Å². The predicted octanol–water partition coefficient (Wildman–Crippen LogP) is 15.3. The van der Waals surface area contributed by atoms with Crippen molar-refractivity contribution < 1.29 is 0 Å². The average Bonchev–Trinajstić information content (AvgIpc) is 3.82. The van der Waals surface area contributed by atoms with Crippen molar-refractivity contribution in [3.8, 4) is 33.6 Å². The molecule has 10 aromatic carbocycles. The van der Waals surface area contributed by atoms with Crippen molar-refractivity contribution in [3.05, 3.63) is 212 Å². The van der Waals surface area contributed by atoms with E-state index in [4.69, 9.17) is 0 Å². The van der Waals surface area contributed by atoms with Gasteiger partial charge in [0.15, 0.2) is 0 Å². The molecule has 0 saturated heterocycles. The highest BCUT2D eigenvalue weighted by Gasteiger charge is 2.26. The van der Waals surface area contributed by atoms with Crippen LogP contribution >= 0.6 is 0 Å². The molecule has 2 aromatic heterocycles. The lowest BCUT2D eigenvalue weighted by molar-refractivity contribution is 1.18. The molecule has 0 bridgehead atoms. The van der Waals surface area contributed by atoms with Crippen LogP contribution in [0.3, 0.4) is 0 Å². The van der Waals surface area contributed by atoms with Crippen LogP contribution in [0.5, 0.6) is 0 Å². The molecule has 0 N–H and O–H groups in total. The molecule has 274 valence electrons. The Balaban J connectivity index is 0.941.